The Bertz CT molecular complexity index is 704. The maximum absolute atomic E-state index is 6.26. The normalized spacial score (nSPS) is 10.6. The molecule has 0 bridgehead atoms. The maximum Gasteiger partial charge on any atom is 0.104 e. The number of H-pyrrole nitrogens is 1. The lowest BCUT2D eigenvalue weighted by molar-refractivity contribution is 1.15. The van der Waals surface area contributed by atoms with Crippen molar-refractivity contribution in [1.82, 2.24) is 15.0 Å². The Morgan fingerprint density at radius 3 is 2.53 bits per heavy atom. The highest BCUT2D eigenvalue weighted by atomic mass is 35.5. The lowest BCUT2D eigenvalue weighted by Gasteiger charge is -2.04. The van der Waals surface area contributed by atoms with Crippen LogP contribution in [0.4, 0.5) is 0 Å². The van der Waals surface area contributed by atoms with Gasteiger partial charge in [0, 0.05) is 23.5 Å². The van der Waals surface area contributed by atoms with Gasteiger partial charge in [-0.05, 0) is 25.1 Å². The smallest absolute Gasteiger partial charge is 0.104 e. The minimum atomic E-state index is 0.698. The van der Waals surface area contributed by atoms with Crippen LogP contribution < -0.4 is 0 Å². The number of hydrogen-bond acceptors (Lipinski definition) is 2. The van der Waals surface area contributed by atoms with Crippen LogP contribution >= 0.6 is 11.6 Å². The third-order valence-electron chi connectivity index (χ3n) is 2.92. The molecule has 0 fully saturated rings. The Kier molecular flexibility index (Phi) is 3.05. The topological polar surface area (TPSA) is 41.6 Å². The number of benzene rings is 1. The zero-order valence-corrected chi connectivity index (χ0v) is 11.1. The molecular weight excluding hydrogens is 258 g/mol. The highest BCUT2D eigenvalue weighted by Gasteiger charge is 2.14. The Hall–Kier alpha value is -2.13. The van der Waals surface area contributed by atoms with E-state index in [9.17, 15) is 0 Å². The SMILES string of the molecule is Cc1nc(-c2ccccc2Cl)c(-c2ccncc2)[nH]1. The van der Waals surface area contributed by atoms with Crippen LogP contribution in [0, 0.1) is 6.92 Å². The molecule has 0 aliphatic rings. The molecule has 0 atom stereocenters. The van der Waals surface area contributed by atoms with Gasteiger partial charge in [0.15, 0.2) is 0 Å². The number of aromatic amines is 1. The fourth-order valence-corrected chi connectivity index (χ4v) is 2.29. The van der Waals surface area contributed by atoms with E-state index in [1.807, 2.05) is 43.3 Å². The number of halogens is 1. The second kappa shape index (κ2) is 4.86. The van der Waals surface area contributed by atoms with Gasteiger partial charge in [-0.2, -0.15) is 0 Å². The van der Waals surface area contributed by atoms with E-state index >= 15 is 0 Å². The van der Waals surface area contributed by atoms with Crippen molar-refractivity contribution in [3.63, 3.8) is 0 Å². The van der Waals surface area contributed by atoms with E-state index in [0.29, 0.717) is 5.02 Å². The molecule has 2 aromatic heterocycles. The lowest BCUT2D eigenvalue weighted by Crippen LogP contribution is -1.85. The average molecular weight is 270 g/mol. The van der Waals surface area contributed by atoms with Crippen molar-refractivity contribution in [3.05, 3.63) is 59.6 Å². The zero-order chi connectivity index (χ0) is 13.2. The van der Waals surface area contributed by atoms with Crippen molar-refractivity contribution in [1.29, 1.82) is 0 Å². The first kappa shape index (κ1) is 11.9. The summed E-state index contributed by atoms with van der Waals surface area (Å²) < 4.78 is 0. The fourth-order valence-electron chi connectivity index (χ4n) is 2.07. The van der Waals surface area contributed by atoms with Crippen molar-refractivity contribution in [2.75, 3.05) is 0 Å². The van der Waals surface area contributed by atoms with Crippen LogP contribution in [0.5, 0.6) is 0 Å². The van der Waals surface area contributed by atoms with Gasteiger partial charge < -0.3 is 4.98 Å². The van der Waals surface area contributed by atoms with Gasteiger partial charge >= 0.3 is 0 Å². The first-order valence-electron chi connectivity index (χ1n) is 5.97. The van der Waals surface area contributed by atoms with Crippen LogP contribution in [-0.2, 0) is 0 Å². The molecule has 3 aromatic rings. The Labute approximate surface area is 116 Å². The van der Waals surface area contributed by atoms with E-state index in [4.69, 9.17) is 11.6 Å². The molecule has 1 N–H and O–H groups in total. The summed E-state index contributed by atoms with van der Waals surface area (Å²) in [6.45, 7) is 1.94. The zero-order valence-electron chi connectivity index (χ0n) is 10.4. The molecule has 0 radical (unpaired) electrons. The minimum absolute atomic E-state index is 0.698. The van der Waals surface area contributed by atoms with E-state index in [2.05, 4.69) is 15.0 Å². The Morgan fingerprint density at radius 2 is 1.79 bits per heavy atom. The second-order valence-electron chi connectivity index (χ2n) is 4.26. The molecule has 0 aliphatic heterocycles. The number of rotatable bonds is 2. The molecule has 0 amide bonds. The largest absolute Gasteiger partial charge is 0.342 e. The molecule has 0 aliphatic carbocycles. The van der Waals surface area contributed by atoms with Gasteiger partial charge in [0.1, 0.15) is 5.82 Å². The summed E-state index contributed by atoms with van der Waals surface area (Å²) >= 11 is 6.26. The first-order chi connectivity index (χ1) is 9.25. The summed E-state index contributed by atoms with van der Waals surface area (Å²) in [7, 11) is 0. The molecule has 3 nitrogen and oxygen atoms in total. The minimum Gasteiger partial charge on any atom is -0.342 e. The van der Waals surface area contributed by atoms with Crippen LogP contribution in [-0.4, -0.2) is 15.0 Å². The van der Waals surface area contributed by atoms with Crippen molar-refractivity contribution < 1.29 is 0 Å². The molecule has 1 aromatic carbocycles. The van der Waals surface area contributed by atoms with Gasteiger partial charge in [-0.25, -0.2) is 4.98 Å². The molecule has 0 unspecified atom stereocenters. The van der Waals surface area contributed by atoms with E-state index in [-0.39, 0.29) is 0 Å². The summed E-state index contributed by atoms with van der Waals surface area (Å²) in [5, 5.41) is 0.698. The van der Waals surface area contributed by atoms with Crippen LogP contribution in [0.2, 0.25) is 5.02 Å². The predicted molar refractivity (Wildman–Crippen MR) is 77.0 cm³/mol. The number of hydrogen-bond donors (Lipinski definition) is 1. The quantitative estimate of drug-likeness (QED) is 0.761. The summed E-state index contributed by atoms with van der Waals surface area (Å²) in [5.74, 6) is 0.863. The fraction of sp³-hybridized carbons (Fsp3) is 0.0667. The van der Waals surface area contributed by atoms with E-state index in [1.54, 1.807) is 12.4 Å². The number of aryl methyl sites for hydroxylation is 1. The van der Waals surface area contributed by atoms with Crippen molar-refractivity contribution in [2.24, 2.45) is 0 Å². The van der Waals surface area contributed by atoms with Crippen LogP contribution in [0.15, 0.2) is 48.8 Å². The van der Waals surface area contributed by atoms with Crippen molar-refractivity contribution >= 4 is 11.6 Å². The molecule has 19 heavy (non-hydrogen) atoms. The molecule has 0 spiro atoms. The third kappa shape index (κ3) is 2.25. The van der Waals surface area contributed by atoms with Crippen molar-refractivity contribution in [2.45, 2.75) is 6.92 Å². The molecule has 0 saturated heterocycles. The Morgan fingerprint density at radius 1 is 1.05 bits per heavy atom. The first-order valence-corrected chi connectivity index (χ1v) is 6.35. The lowest BCUT2D eigenvalue weighted by atomic mass is 10.1. The number of imidazole rings is 1. The molecule has 2 heterocycles. The van der Waals surface area contributed by atoms with Crippen LogP contribution in [0.25, 0.3) is 22.5 Å². The molecule has 0 saturated carbocycles. The monoisotopic (exact) mass is 269 g/mol. The van der Waals surface area contributed by atoms with Crippen LogP contribution in [0.1, 0.15) is 5.82 Å². The number of nitrogens with one attached hydrogen (secondary N) is 1. The van der Waals surface area contributed by atoms with E-state index in [0.717, 1.165) is 28.3 Å². The second-order valence-corrected chi connectivity index (χ2v) is 4.67. The number of nitrogens with zero attached hydrogens (tertiary/aromatic N) is 2. The third-order valence-corrected chi connectivity index (χ3v) is 3.25. The van der Waals surface area contributed by atoms with Gasteiger partial charge in [-0.1, -0.05) is 29.8 Å². The maximum atomic E-state index is 6.26. The van der Waals surface area contributed by atoms with Gasteiger partial charge in [-0.15, -0.1) is 0 Å². The van der Waals surface area contributed by atoms with Gasteiger partial charge in [0.05, 0.1) is 16.4 Å². The highest BCUT2D eigenvalue weighted by molar-refractivity contribution is 6.33. The number of pyridine rings is 1. The summed E-state index contributed by atoms with van der Waals surface area (Å²) in [4.78, 5) is 11.9. The predicted octanol–water partition coefficient (Wildman–Crippen LogP) is 4.10. The van der Waals surface area contributed by atoms with E-state index < -0.39 is 0 Å². The summed E-state index contributed by atoms with van der Waals surface area (Å²) in [6.07, 6.45) is 3.53. The average Bonchev–Trinajstić information content (AvgIpc) is 2.82. The van der Waals surface area contributed by atoms with E-state index in [1.165, 1.54) is 0 Å². The Balaban J connectivity index is 2.21. The summed E-state index contributed by atoms with van der Waals surface area (Å²) in [6, 6.07) is 11.6. The van der Waals surface area contributed by atoms with Gasteiger partial charge in [-0.3, -0.25) is 4.98 Å². The highest BCUT2D eigenvalue weighted by Crippen LogP contribution is 2.33. The summed E-state index contributed by atoms with van der Waals surface area (Å²) in [5.41, 5.74) is 3.81. The molecule has 3 rings (SSSR count). The molecule has 94 valence electrons. The van der Waals surface area contributed by atoms with Gasteiger partial charge in [0.25, 0.3) is 0 Å². The van der Waals surface area contributed by atoms with Crippen molar-refractivity contribution in [3.8, 4) is 22.5 Å². The van der Waals surface area contributed by atoms with Crippen LogP contribution in [0.3, 0.4) is 0 Å². The standard InChI is InChI=1S/C15H12ClN3/c1-10-18-14(11-6-8-17-9-7-11)15(19-10)12-4-2-3-5-13(12)16/h2-9H,1H3,(H,18,19). The van der Waals surface area contributed by atoms with Gasteiger partial charge in [0.2, 0.25) is 0 Å². The number of aromatic nitrogens is 3. The molecule has 4 heteroatoms. The molecular formula is C15H12ClN3.